The number of morpholine rings is 1. The van der Waals surface area contributed by atoms with Crippen LogP contribution in [0.4, 0.5) is 4.39 Å². The van der Waals surface area contributed by atoms with Crippen molar-refractivity contribution in [2.24, 2.45) is 0 Å². The first kappa shape index (κ1) is 11.1. The van der Waals surface area contributed by atoms with Gasteiger partial charge in [0.05, 0.1) is 31.9 Å². The van der Waals surface area contributed by atoms with E-state index in [0.717, 1.165) is 0 Å². The fourth-order valence-electron chi connectivity index (χ4n) is 1.95. The van der Waals surface area contributed by atoms with Gasteiger partial charge >= 0.3 is 0 Å². The van der Waals surface area contributed by atoms with Crippen LogP contribution in [0.1, 0.15) is 11.6 Å². The summed E-state index contributed by atoms with van der Waals surface area (Å²) >= 11 is 0. The molecule has 4 heteroatoms. The predicted octanol–water partition coefficient (Wildman–Crippen LogP) is 1.72. The molecule has 1 heterocycles. The van der Waals surface area contributed by atoms with Crippen LogP contribution in [-0.2, 0) is 4.74 Å². The maximum Gasteiger partial charge on any atom is 0.128 e. The molecule has 0 aromatic heterocycles. The topological polar surface area (TPSA) is 36.3 Å². The highest BCUT2D eigenvalue weighted by atomic mass is 19.1. The van der Waals surface area contributed by atoms with Crippen molar-refractivity contribution >= 4 is 0 Å². The first-order chi connectivity index (χ1) is 7.83. The average Bonchev–Trinajstić information content (AvgIpc) is 2.31. The molecule has 0 spiro atoms. The molecule has 0 radical (unpaired) electrons. The second-order valence-corrected chi connectivity index (χ2v) is 3.74. The van der Waals surface area contributed by atoms with Gasteiger partial charge < -0.3 is 4.74 Å². The summed E-state index contributed by atoms with van der Waals surface area (Å²) in [5, 5.41) is 8.73. The first-order valence-electron chi connectivity index (χ1n) is 5.26. The largest absolute Gasteiger partial charge is 0.378 e. The van der Waals surface area contributed by atoms with Crippen molar-refractivity contribution in [2.45, 2.75) is 6.04 Å². The number of nitriles is 1. The van der Waals surface area contributed by atoms with Crippen molar-refractivity contribution in [3.8, 4) is 6.07 Å². The molecule has 0 saturated carbocycles. The van der Waals surface area contributed by atoms with E-state index < -0.39 is 0 Å². The Hall–Kier alpha value is -1.44. The maximum absolute atomic E-state index is 13.6. The smallest absolute Gasteiger partial charge is 0.128 e. The van der Waals surface area contributed by atoms with E-state index in [-0.39, 0.29) is 11.9 Å². The number of benzene rings is 1. The second kappa shape index (κ2) is 5.06. The van der Waals surface area contributed by atoms with Crippen LogP contribution < -0.4 is 0 Å². The molecule has 1 saturated heterocycles. The summed E-state index contributed by atoms with van der Waals surface area (Å²) in [6.45, 7) is 2.03. The van der Waals surface area contributed by atoms with E-state index in [2.05, 4.69) is 6.07 Å². The quantitative estimate of drug-likeness (QED) is 0.712. The Balaban J connectivity index is 2.24. The molecule has 1 atom stereocenters. The minimum absolute atomic E-state index is 0.144. The molecule has 2 rings (SSSR count). The lowest BCUT2D eigenvalue weighted by Crippen LogP contribution is -2.40. The molecular weight excluding hydrogens is 207 g/mol. The summed E-state index contributed by atoms with van der Waals surface area (Å²) in [5.74, 6) is -0.235. The number of hydrogen-bond donors (Lipinski definition) is 0. The van der Waals surface area contributed by atoms with Crippen molar-refractivity contribution in [2.75, 3.05) is 26.3 Å². The van der Waals surface area contributed by atoms with Gasteiger partial charge in [0.2, 0.25) is 0 Å². The minimum atomic E-state index is -0.235. The summed E-state index contributed by atoms with van der Waals surface area (Å²) < 4.78 is 19.0. The van der Waals surface area contributed by atoms with Crippen LogP contribution in [0.2, 0.25) is 0 Å². The maximum atomic E-state index is 13.6. The zero-order valence-corrected chi connectivity index (χ0v) is 8.90. The third-order valence-corrected chi connectivity index (χ3v) is 2.78. The molecule has 16 heavy (non-hydrogen) atoms. The highest BCUT2D eigenvalue weighted by molar-refractivity contribution is 5.22. The lowest BCUT2D eigenvalue weighted by atomic mass is 10.0. The summed E-state index contributed by atoms with van der Waals surface area (Å²) in [7, 11) is 0. The van der Waals surface area contributed by atoms with Gasteiger partial charge in [-0.05, 0) is 6.07 Å². The molecule has 1 aliphatic rings. The van der Waals surface area contributed by atoms with Crippen LogP contribution in [0.3, 0.4) is 0 Å². The van der Waals surface area contributed by atoms with Crippen molar-refractivity contribution in [3.63, 3.8) is 0 Å². The number of nitrogens with zero attached hydrogens (tertiary/aromatic N) is 2. The molecular formula is C12H13FN2O. The monoisotopic (exact) mass is 220 g/mol. The average molecular weight is 220 g/mol. The number of ether oxygens (including phenoxy) is 1. The van der Waals surface area contributed by atoms with Gasteiger partial charge in [-0.3, -0.25) is 4.90 Å². The van der Waals surface area contributed by atoms with Gasteiger partial charge in [-0.15, -0.1) is 0 Å². The molecule has 0 N–H and O–H groups in total. The van der Waals surface area contributed by atoms with Crippen LogP contribution in [0, 0.1) is 17.1 Å². The van der Waals surface area contributed by atoms with Crippen molar-refractivity contribution < 1.29 is 9.13 Å². The Morgan fingerprint density at radius 1 is 1.50 bits per heavy atom. The van der Waals surface area contributed by atoms with Crippen LogP contribution in [0.5, 0.6) is 0 Å². The van der Waals surface area contributed by atoms with E-state index in [0.29, 0.717) is 31.9 Å². The molecule has 1 fully saturated rings. The zero-order chi connectivity index (χ0) is 11.4. The Bertz CT molecular complexity index is 402. The summed E-state index contributed by atoms with van der Waals surface area (Å²) in [5.41, 5.74) is 0.609. The molecule has 0 amide bonds. The van der Waals surface area contributed by atoms with Gasteiger partial charge in [0.25, 0.3) is 0 Å². The van der Waals surface area contributed by atoms with Crippen LogP contribution in [-0.4, -0.2) is 31.2 Å². The van der Waals surface area contributed by atoms with Crippen molar-refractivity contribution in [1.29, 1.82) is 5.26 Å². The normalized spacial score (nSPS) is 21.6. The van der Waals surface area contributed by atoms with E-state index in [1.807, 2.05) is 4.90 Å². The standard InChI is InChI=1S/C12H13FN2O/c13-11-4-2-1-3-10(11)12-9-16-8-7-15(12)6-5-14/h1-4,12H,6-9H2. The molecule has 84 valence electrons. The van der Waals surface area contributed by atoms with Crippen LogP contribution in [0.15, 0.2) is 24.3 Å². The van der Waals surface area contributed by atoms with Crippen molar-refractivity contribution in [3.05, 3.63) is 35.6 Å². The number of rotatable bonds is 2. The lowest BCUT2D eigenvalue weighted by molar-refractivity contribution is -0.00302. The van der Waals surface area contributed by atoms with E-state index in [4.69, 9.17) is 10.00 Å². The Morgan fingerprint density at radius 2 is 2.31 bits per heavy atom. The molecule has 1 aromatic carbocycles. The highest BCUT2D eigenvalue weighted by Gasteiger charge is 2.26. The lowest BCUT2D eigenvalue weighted by Gasteiger charge is -2.34. The number of hydrogen-bond acceptors (Lipinski definition) is 3. The highest BCUT2D eigenvalue weighted by Crippen LogP contribution is 2.25. The third-order valence-electron chi connectivity index (χ3n) is 2.78. The zero-order valence-electron chi connectivity index (χ0n) is 8.90. The number of halogens is 1. The Kier molecular flexibility index (Phi) is 3.50. The predicted molar refractivity (Wildman–Crippen MR) is 57.1 cm³/mol. The van der Waals surface area contributed by atoms with Gasteiger partial charge in [-0.1, -0.05) is 18.2 Å². The van der Waals surface area contributed by atoms with E-state index >= 15 is 0 Å². The summed E-state index contributed by atoms with van der Waals surface area (Å²) in [6, 6.07) is 8.62. The summed E-state index contributed by atoms with van der Waals surface area (Å²) in [6.07, 6.45) is 0. The fourth-order valence-corrected chi connectivity index (χ4v) is 1.95. The molecule has 0 aliphatic carbocycles. The molecule has 1 aromatic rings. The molecule has 1 unspecified atom stereocenters. The van der Waals surface area contributed by atoms with Gasteiger partial charge in [0.15, 0.2) is 0 Å². The molecule has 0 bridgehead atoms. The van der Waals surface area contributed by atoms with Crippen LogP contribution in [0.25, 0.3) is 0 Å². The van der Waals surface area contributed by atoms with Gasteiger partial charge in [-0.2, -0.15) is 5.26 Å². The van der Waals surface area contributed by atoms with E-state index in [1.165, 1.54) is 6.07 Å². The van der Waals surface area contributed by atoms with E-state index in [1.54, 1.807) is 18.2 Å². The van der Waals surface area contributed by atoms with Gasteiger partial charge in [0, 0.05) is 12.1 Å². The molecule has 3 nitrogen and oxygen atoms in total. The SMILES string of the molecule is N#CCN1CCOCC1c1ccccc1F. The molecule has 1 aliphatic heterocycles. The van der Waals surface area contributed by atoms with E-state index in [9.17, 15) is 4.39 Å². The Morgan fingerprint density at radius 3 is 3.06 bits per heavy atom. The summed E-state index contributed by atoms with van der Waals surface area (Å²) in [4.78, 5) is 1.95. The van der Waals surface area contributed by atoms with Gasteiger partial charge in [0.1, 0.15) is 5.82 Å². The first-order valence-corrected chi connectivity index (χ1v) is 5.26. The minimum Gasteiger partial charge on any atom is -0.378 e. The Labute approximate surface area is 94.0 Å². The fraction of sp³-hybridized carbons (Fsp3) is 0.417. The van der Waals surface area contributed by atoms with Crippen molar-refractivity contribution in [1.82, 2.24) is 4.90 Å². The van der Waals surface area contributed by atoms with Gasteiger partial charge in [-0.25, -0.2) is 4.39 Å². The van der Waals surface area contributed by atoms with Crippen LogP contribution >= 0.6 is 0 Å². The third kappa shape index (κ3) is 2.21. The second-order valence-electron chi connectivity index (χ2n) is 3.74.